The number of aromatic nitrogens is 2. The van der Waals surface area contributed by atoms with Crippen LogP contribution in [0.5, 0.6) is 0 Å². The number of anilines is 1. The van der Waals surface area contributed by atoms with Crippen molar-refractivity contribution in [1.82, 2.24) is 15.1 Å². The maximum atomic E-state index is 12.0. The van der Waals surface area contributed by atoms with E-state index < -0.39 is 17.8 Å². The first-order valence-electron chi connectivity index (χ1n) is 7.09. The quantitative estimate of drug-likeness (QED) is 0.636. The molecule has 0 bridgehead atoms. The van der Waals surface area contributed by atoms with Gasteiger partial charge in [0.1, 0.15) is 4.88 Å². The zero-order valence-electron chi connectivity index (χ0n) is 13.8. The van der Waals surface area contributed by atoms with Crippen molar-refractivity contribution in [2.75, 3.05) is 12.4 Å². The summed E-state index contributed by atoms with van der Waals surface area (Å²) in [6, 6.07) is 1.54. The first-order chi connectivity index (χ1) is 11.3. The number of aryl methyl sites for hydroxylation is 2. The fourth-order valence-corrected chi connectivity index (χ4v) is 2.93. The summed E-state index contributed by atoms with van der Waals surface area (Å²) in [5.41, 5.74) is 2.82. The van der Waals surface area contributed by atoms with Gasteiger partial charge in [0, 0.05) is 24.8 Å². The van der Waals surface area contributed by atoms with Gasteiger partial charge in [0.05, 0.1) is 18.5 Å². The van der Waals surface area contributed by atoms with Crippen LogP contribution in [0.2, 0.25) is 0 Å². The molecule has 2 amide bonds. The second-order valence-electron chi connectivity index (χ2n) is 5.06. The number of methoxy groups -OCH3 is 1. The highest BCUT2D eigenvalue weighted by Gasteiger charge is 2.20. The average Bonchev–Trinajstić information content (AvgIpc) is 3.10. The summed E-state index contributed by atoms with van der Waals surface area (Å²) in [5, 5.41) is 10.8. The number of thiophene rings is 1. The van der Waals surface area contributed by atoms with E-state index in [1.54, 1.807) is 10.1 Å². The highest BCUT2D eigenvalue weighted by atomic mass is 32.1. The maximum Gasteiger partial charge on any atom is 0.350 e. The highest BCUT2D eigenvalue weighted by Crippen LogP contribution is 2.23. The Bertz CT molecular complexity index is 793. The molecule has 0 atom stereocenters. The van der Waals surface area contributed by atoms with Gasteiger partial charge in [-0.25, -0.2) is 4.79 Å². The van der Waals surface area contributed by atoms with Crippen LogP contribution < -0.4 is 10.6 Å². The zero-order chi connectivity index (χ0) is 17.9. The number of nitrogens with one attached hydrogen (secondary N) is 2. The third kappa shape index (κ3) is 3.62. The van der Waals surface area contributed by atoms with Crippen LogP contribution in [-0.2, 0) is 27.9 Å². The summed E-state index contributed by atoms with van der Waals surface area (Å²) >= 11 is 1.12. The Morgan fingerprint density at radius 1 is 1.29 bits per heavy atom. The zero-order valence-corrected chi connectivity index (χ0v) is 14.6. The van der Waals surface area contributed by atoms with E-state index in [0.29, 0.717) is 0 Å². The molecule has 2 heterocycles. The molecule has 0 radical (unpaired) electrons. The number of hydrogen-bond acceptors (Lipinski definition) is 6. The van der Waals surface area contributed by atoms with Crippen LogP contribution >= 0.6 is 11.3 Å². The van der Waals surface area contributed by atoms with Gasteiger partial charge in [0.2, 0.25) is 0 Å². The van der Waals surface area contributed by atoms with Crippen LogP contribution in [0.15, 0.2) is 11.4 Å². The van der Waals surface area contributed by atoms with Gasteiger partial charge in [-0.15, -0.1) is 11.3 Å². The minimum atomic E-state index is -0.849. The molecule has 0 saturated heterocycles. The van der Waals surface area contributed by atoms with E-state index in [4.69, 9.17) is 0 Å². The Hall–Kier alpha value is -2.68. The van der Waals surface area contributed by atoms with E-state index in [1.165, 1.54) is 13.2 Å². The van der Waals surface area contributed by atoms with Crippen LogP contribution in [0.25, 0.3) is 0 Å². The molecule has 0 fully saturated rings. The van der Waals surface area contributed by atoms with E-state index in [1.807, 2.05) is 20.9 Å². The lowest BCUT2D eigenvalue weighted by Gasteiger charge is -2.07. The SMILES string of the molecule is COC(=O)c1sccc1NC(=O)C(=O)NCc1c(C)nn(C)c1C. The average molecular weight is 350 g/mol. The molecule has 128 valence electrons. The van der Waals surface area contributed by atoms with E-state index >= 15 is 0 Å². The summed E-state index contributed by atoms with van der Waals surface area (Å²) in [7, 11) is 3.06. The second-order valence-corrected chi connectivity index (χ2v) is 5.98. The molecule has 9 heteroatoms. The predicted molar refractivity (Wildman–Crippen MR) is 88.8 cm³/mol. The number of esters is 1. The van der Waals surface area contributed by atoms with E-state index in [9.17, 15) is 14.4 Å². The van der Waals surface area contributed by atoms with Crippen LogP contribution in [0.3, 0.4) is 0 Å². The topological polar surface area (TPSA) is 102 Å². The van der Waals surface area contributed by atoms with Gasteiger partial charge in [-0.05, 0) is 25.3 Å². The molecule has 0 aliphatic carbocycles. The van der Waals surface area contributed by atoms with Gasteiger partial charge >= 0.3 is 17.8 Å². The largest absolute Gasteiger partial charge is 0.465 e. The number of ether oxygens (including phenoxy) is 1. The lowest BCUT2D eigenvalue weighted by Crippen LogP contribution is -2.35. The van der Waals surface area contributed by atoms with Crippen molar-refractivity contribution in [1.29, 1.82) is 0 Å². The Morgan fingerprint density at radius 2 is 2.00 bits per heavy atom. The minimum absolute atomic E-state index is 0.200. The smallest absolute Gasteiger partial charge is 0.350 e. The fraction of sp³-hybridized carbons (Fsp3) is 0.333. The monoisotopic (exact) mass is 350 g/mol. The van der Waals surface area contributed by atoms with Crippen molar-refractivity contribution in [3.05, 3.63) is 33.3 Å². The summed E-state index contributed by atoms with van der Waals surface area (Å²) in [5.74, 6) is -2.21. The minimum Gasteiger partial charge on any atom is -0.465 e. The number of rotatable bonds is 4. The van der Waals surface area contributed by atoms with Gasteiger partial charge in [-0.1, -0.05) is 0 Å². The molecule has 0 unspecified atom stereocenters. The summed E-state index contributed by atoms with van der Waals surface area (Å²) < 4.78 is 6.33. The molecular formula is C15H18N4O4S. The molecule has 8 nitrogen and oxygen atoms in total. The number of nitrogens with zero attached hydrogens (tertiary/aromatic N) is 2. The molecule has 0 aliphatic rings. The Balaban J connectivity index is 1.99. The van der Waals surface area contributed by atoms with Gasteiger partial charge in [-0.2, -0.15) is 5.10 Å². The summed E-state index contributed by atoms with van der Waals surface area (Å²) in [6.45, 7) is 3.92. The number of amides is 2. The number of carbonyl (C=O) groups is 3. The van der Waals surface area contributed by atoms with Crippen LogP contribution in [-0.4, -0.2) is 34.7 Å². The Morgan fingerprint density at radius 3 is 2.58 bits per heavy atom. The van der Waals surface area contributed by atoms with Gasteiger partial charge in [0.25, 0.3) is 0 Å². The fourth-order valence-electron chi connectivity index (χ4n) is 2.16. The van der Waals surface area contributed by atoms with E-state index in [-0.39, 0.29) is 17.1 Å². The number of hydrogen-bond donors (Lipinski definition) is 2. The molecule has 2 N–H and O–H groups in total. The molecule has 0 saturated carbocycles. The second kappa shape index (κ2) is 7.26. The van der Waals surface area contributed by atoms with Crippen molar-refractivity contribution >= 4 is 34.8 Å². The van der Waals surface area contributed by atoms with Crippen molar-refractivity contribution in [3.8, 4) is 0 Å². The first kappa shape index (κ1) is 17.7. The number of carbonyl (C=O) groups excluding carboxylic acids is 3. The van der Waals surface area contributed by atoms with Crippen LogP contribution in [0.4, 0.5) is 5.69 Å². The molecule has 2 aromatic rings. The molecule has 2 rings (SSSR count). The van der Waals surface area contributed by atoms with E-state index in [2.05, 4.69) is 20.5 Å². The van der Waals surface area contributed by atoms with Gasteiger partial charge in [0.15, 0.2) is 0 Å². The van der Waals surface area contributed by atoms with Crippen LogP contribution in [0.1, 0.15) is 26.6 Å². The first-order valence-corrected chi connectivity index (χ1v) is 7.97. The van der Waals surface area contributed by atoms with Crippen molar-refractivity contribution in [2.45, 2.75) is 20.4 Å². The van der Waals surface area contributed by atoms with E-state index in [0.717, 1.165) is 28.3 Å². The molecular weight excluding hydrogens is 332 g/mol. The summed E-state index contributed by atoms with van der Waals surface area (Å²) in [6.07, 6.45) is 0. The van der Waals surface area contributed by atoms with Crippen molar-refractivity contribution in [3.63, 3.8) is 0 Å². The third-order valence-electron chi connectivity index (χ3n) is 3.58. The van der Waals surface area contributed by atoms with Gasteiger partial charge in [-0.3, -0.25) is 14.3 Å². The molecule has 24 heavy (non-hydrogen) atoms. The Kier molecular flexibility index (Phi) is 5.35. The molecule has 0 aromatic carbocycles. The maximum absolute atomic E-state index is 12.0. The van der Waals surface area contributed by atoms with Crippen molar-refractivity contribution in [2.24, 2.45) is 7.05 Å². The van der Waals surface area contributed by atoms with Crippen molar-refractivity contribution < 1.29 is 19.1 Å². The lowest BCUT2D eigenvalue weighted by atomic mass is 10.2. The highest BCUT2D eigenvalue weighted by molar-refractivity contribution is 7.12. The normalized spacial score (nSPS) is 10.3. The van der Waals surface area contributed by atoms with Gasteiger partial charge < -0.3 is 15.4 Å². The summed E-state index contributed by atoms with van der Waals surface area (Å²) in [4.78, 5) is 35.7. The predicted octanol–water partition coefficient (Wildman–Crippen LogP) is 1.14. The lowest BCUT2D eigenvalue weighted by molar-refractivity contribution is -0.136. The standard InChI is InChI=1S/C15H18N4O4S/c1-8-10(9(2)19(3)18-8)7-16-13(20)14(21)17-11-5-6-24-12(11)15(22)23-4/h5-6H,7H2,1-4H3,(H,16,20)(H,17,21). The molecule has 0 aliphatic heterocycles. The molecule has 2 aromatic heterocycles. The Labute approximate surface area is 142 Å². The molecule has 0 spiro atoms. The third-order valence-corrected chi connectivity index (χ3v) is 4.47. The van der Waals surface area contributed by atoms with Crippen LogP contribution in [0, 0.1) is 13.8 Å².